The third kappa shape index (κ3) is 3.70. The number of ketones is 1. The number of carbonyl (C=O) groups excluding carboxylic acids is 2. The summed E-state index contributed by atoms with van der Waals surface area (Å²) in [6.45, 7) is 7.36. The average Bonchev–Trinajstić information content (AvgIpc) is 2.28. The van der Waals surface area contributed by atoms with Gasteiger partial charge in [-0.1, -0.05) is 26.0 Å². The minimum absolute atomic E-state index is 0.0135. The summed E-state index contributed by atoms with van der Waals surface area (Å²) in [6, 6.07) is 6.51. The number of hydrogen-bond acceptors (Lipinski definition) is 3. The van der Waals surface area contributed by atoms with E-state index in [2.05, 4.69) is 0 Å². The van der Waals surface area contributed by atoms with Gasteiger partial charge in [0.05, 0.1) is 5.56 Å². The molecule has 0 saturated heterocycles. The molecule has 1 unspecified atom stereocenters. The summed E-state index contributed by atoms with van der Waals surface area (Å²) < 4.78 is 5.27. The van der Waals surface area contributed by atoms with Crippen molar-refractivity contribution in [3.63, 3.8) is 0 Å². The lowest BCUT2D eigenvalue weighted by Crippen LogP contribution is -2.20. The number of esters is 1. The van der Waals surface area contributed by atoms with Crippen LogP contribution in [0.5, 0.6) is 0 Å². The van der Waals surface area contributed by atoms with E-state index in [1.807, 2.05) is 20.8 Å². The number of rotatable bonds is 4. The van der Waals surface area contributed by atoms with Crippen molar-refractivity contribution in [3.05, 3.63) is 35.4 Å². The van der Waals surface area contributed by atoms with Gasteiger partial charge >= 0.3 is 5.97 Å². The van der Waals surface area contributed by atoms with Crippen molar-refractivity contribution in [2.24, 2.45) is 5.92 Å². The maximum absolute atomic E-state index is 11.7. The molecule has 0 heterocycles. The predicted molar refractivity (Wildman–Crippen MR) is 66.2 cm³/mol. The summed E-state index contributed by atoms with van der Waals surface area (Å²) in [5.41, 5.74) is 1.07. The Hall–Kier alpha value is -1.64. The molecule has 0 N–H and O–H groups in total. The van der Waals surface area contributed by atoms with E-state index < -0.39 is 0 Å². The van der Waals surface area contributed by atoms with E-state index in [0.717, 1.165) is 0 Å². The normalized spacial score (nSPS) is 12.3. The van der Waals surface area contributed by atoms with Gasteiger partial charge in [0, 0.05) is 5.56 Å². The van der Waals surface area contributed by atoms with Gasteiger partial charge in [-0.3, -0.25) is 4.79 Å². The number of ether oxygens (including phenoxy) is 1. The van der Waals surface area contributed by atoms with Crippen molar-refractivity contribution in [2.45, 2.75) is 33.8 Å². The highest BCUT2D eigenvalue weighted by Gasteiger charge is 2.14. The van der Waals surface area contributed by atoms with Crippen LogP contribution in [0.2, 0.25) is 0 Å². The molecule has 0 radical (unpaired) electrons. The Balaban J connectivity index is 2.73. The Morgan fingerprint density at radius 1 is 1.00 bits per heavy atom. The maximum atomic E-state index is 11.7. The zero-order valence-corrected chi connectivity index (χ0v) is 10.7. The second-order valence-corrected chi connectivity index (χ2v) is 4.49. The summed E-state index contributed by atoms with van der Waals surface area (Å²) in [5.74, 6) is -0.0720. The van der Waals surface area contributed by atoms with E-state index >= 15 is 0 Å². The van der Waals surface area contributed by atoms with Gasteiger partial charge < -0.3 is 4.74 Å². The number of hydrogen-bond donors (Lipinski definition) is 0. The second-order valence-electron chi connectivity index (χ2n) is 4.49. The van der Waals surface area contributed by atoms with Gasteiger partial charge in [0.1, 0.15) is 6.10 Å². The van der Waals surface area contributed by atoms with Crippen LogP contribution in [0.4, 0.5) is 0 Å². The topological polar surface area (TPSA) is 43.4 Å². The Morgan fingerprint density at radius 3 is 1.88 bits per heavy atom. The molecule has 0 aromatic heterocycles. The lowest BCUT2D eigenvalue weighted by molar-refractivity contribution is 0.0238. The van der Waals surface area contributed by atoms with Crippen LogP contribution in [-0.4, -0.2) is 17.9 Å². The monoisotopic (exact) mass is 234 g/mol. The fourth-order valence-electron chi connectivity index (χ4n) is 1.21. The quantitative estimate of drug-likeness (QED) is 0.594. The number of carbonyl (C=O) groups is 2. The molecule has 3 heteroatoms. The van der Waals surface area contributed by atoms with Crippen LogP contribution in [0.15, 0.2) is 24.3 Å². The lowest BCUT2D eigenvalue weighted by atomic mass is 10.1. The van der Waals surface area contributed by atoms with Gasteiger partial charge in [0.25, 0.3) is 0 Å². The molecule has 0 aliphatic carbocycles. The Morgan fingerprint density at radius 2 is 1.47 bits per heavy atom. The van der Waals surface area contributed by atoms with Crippen LogP contribution in [0, 0.1) is 5.92 Å². The van der Waals surface area contributed by atoms with E-state index in [9.17, 15) is 9.59 Å². The Bertz CT molecular complexity index is 404. The average molecular weight is 234 g/mol. The minimum atomic E-state index is -0.346. The van der Waals surface area contributed by atoms with Crippen molar-refractivity contribution < 1.29 is 14.3 Å². The van der Waals surface area contributed by atoms with E-state index in [0.29, 0.717) is 11.1 Å². The predicted octanol–water partition coefficient (Wildman–Crippen LogP) is 3.09. The first-order valence-electron chi connectivity index (χ1n) is 5.73. The molecule has 1 atom stereocenters. The van der Waals surface area contributed by atoms with E-state index in [1.165, 1.54) is 6.92 Å². The molecule has 1 aromatic rings. The molecule has 92 valence electrons. The van der Waals surface area contributed by atoms with Crippen molar-refractivity contribution >= 4 is 11.8 Å². The first-order valence-corrected chi connectivity index (χ1v) is 5.73. The third-order valence-electron chi connectivity index (χ3n) is 2.76. The molecular formula is C14H18O3. The summed E-state index contributed by atoms with van der Waals surface area (Å²) in [4.78, 5) is 22.8. The molecule has 0 fully saturated rings. The maximum Gasteiger partial charge on any atom is 0.338 e. The third-order valence-corrected chi connectivity index (χ3v) is 2.76. The van der Waals surface area contributed by atoms with Crippen LogP contribution in [0.3, 0.4) is 0 Å². The van der Waals surface area contributed by atoms with Crippen LogP contribution in [0.1, 0.15) is 48.4 Å². The van der Waals surface area contributed by atoms with Crippen LogP contribution >= 0.6 is 0 Å². The van der Waals surface area contributed by atoms with Crippen molar-refractivity contribution in [2.75, 3.05) is 0 Å². The molecule has 0 aliphatic rings. The first kappa shape index (κ1) is 13.4. The first-order chi connectivity index (χ1) is 7.91. The molecule has 1 aromatic carbocycles. The molecule has 3 nitrogen and oxygen atoms in total. The molecule has 0 spiro atoms. The van der Waals surface area contributed by atoms with Crippen LogP contribution in [-0.2, 0) is 4.74 Å². The van der Waals surface area contributed by atoms with Crippen molar-refractivity contribution in [1.29, 1.82) is 0 Å². The molecule has 1 rings (SSSR count). The van der Waals surface area contributed by atoms with Crippen LogP contribution < -0.4 is 0 Å². The van der Waals surface area contributed by atoms with Gasteiger partial charge in [-0.15, -0.1) is 0 Å². The molecule has 0 saturated carbocycles. The van der Waals surface area contributed by atoms with Crippen LogP contribution in [0.25, 0.3) is 0 Å². The van der Waals surface area contributed by atoms with E-state index in [-0.39, 0.29) is 23.8 Å². The molecule has 17 heavy (non-hydrogen) atoms. The number of Topliss-reactive ketones (excluding diaryl/α,β-unsaturated/α-hetero) is 1. The summed E-state index contributed by atoms with van der Waals surface area (Å²) in [7, 11) is 0. The molecule has 0 aliphatic heterocycles. The molecule has 0 bridgehead atoms. The second kappa shape index (κ2) is 5.62. The highest BCUT2D eigenvalue weighted by atomic mass is 16.5. The molecule has 0 amide bonds. The Kier molecular flexibility index (Phi) is 4.44. The van der Waals surface area contributed by atoms with Gasteiger partial charge in [0.2, 0.25) is 0 Å². The van der Waals surface area contributed by atoms with Gasteiger partial charge in [-0.2, -0.15) is 0 Å². The standard InChI is InChI=1S/C14H18O3/c1-9(2)11(4)17-14(16)13-7-5-12(6-8-13)10(3)15/h5-9,11H,1-4H3. The highest BCUT2D eigenvalue weighted by molar-refractivity contribution is 5.96. The largest absolute Gasteiger partial charge is 0.459 e. The molecular weight excluding hydrogens is 216 g/mol. The zero-order valence-electron chi connectivity index (χ0n) is 10.7. The van der Waals surface area contributed by atoms with Gasteiger partial charge in [-0.25, -0.2) is 4.79 Å². The SMILES string of the molecule is CC(=O)c1ccc(C(=O)OC(C)C(C)C)cc1. The highest BCUT2D eigenvalue weighted by Crippen LogP contribution is 2.11. The fourth-order valence-corrected chi connectivity index (χ4v) is 1.21. The zero-order chi connectivity index (χ0) is 13.0. The van der Waals surface area contributed by atoms with Gasteiger partial charge in [-0.05, 0) is 31.9 Å². The van der Waals surface area contributed by atoms with Crippen molar-refractivity contribution in [3.8, 4) is 0 Å². The Labute approximate surface area is 102 Å². The summed E-state index contributed by atoms with van der Waals surface area (Å²) in [5, 5.41) is 0. The summed E-state index contributed by atoms with van der Waals surface area (Å²) in [6.07, 6.45) is -0.116. The smallest absolute Gasteiger partial charge is 0.338 e. The van der Waals surface area contributed by atoms with Crippen molar-refractivity contribution in [1.82, 2.24) is 0 Å². The van der Waals surface area contributed by atoms with E-state index in [1.54, 1.807) is 24.3 Å². The summed E-state index contributed by atoms with van der Waals surface area (Å²) >= 11 is 0. The fraction of sp³-hybridized carbons (Fsp3) is 0.429. The lowest BCUT2D eigenvalue weighted by Gasteiger charge is -2.16. The van der Waals surface area contributed by atoms with Gasteiger partial charge in [0.15, 0.2) is 5.78 Å². The minimum Gasteiger partial charge on any atom is -0.459 e. The van der Waals surface area contributed by atoms with E-state index in [4.69, 9.17) is 4.74 Å². The number of benzene rings is 1.